The lowest BCUT2D eigenvalue weighted by Gasteiger charge is -2.12. The van der Waals surface area contributed by atoms with Gasteiger partial charge in [0.2, 0.25) is 0 Å². The second kappa shape index (κ2) is 6.79. The summed E-state index contributed by atoms with van der Waals surface area (Å²) < 4.78 is 21.5. The van der Waals surface area contributed by atoms with Gasteiger partial charge in [0.15, 0.2) is 0 Å². The third-order valence-corrected chi connectivity index (χ3v) is 2.69. The fraction of sp³-hybridized carbons (Fsp3) is 0.625. The maximum absolute atomic E-state index is 11.2. The summed E-state index contributed by atoms with van der Waals surface area (Å²) >= 11 is 0. The van der Waals surface area contributed by atoms with Crippen LogP contribution < -0.4 is 10.6 Å². The minimum atomic E-state index is -3.24. The number of carboxylic acids is 2. The molecular formula is C8H14N2O7S. The Morgan fingerprint density at radius 3 is 2.17 bits per heavy atom. The fourth-order valence-electron chi connectivity index (χ4n) is 0.934. The molecule has 0 heterocycles. The molecule has 0 aliphatic rings. The van der Waals surface area contributed by atoms with Crippen molar-refractivity contribution in [2.45, 2.75) is 12.5 Å². The molecule has 0 saturated carbocycles. The second-order valence-corrected chi connectivity index (χ2v) is 5.78. The van der Waals surface area contributed by atoms with Crippen molar-refractivity contribution in [3.63, 3.8) is 0 Å². The van der Waals surface area contributed by atoms with Gasteiger partial charge in [-0.2, -0.15) is 0 Å². The molecule has 0 aromatic rings. The van der Waals surface area contributed by atoms with Crippen LogP contribution in [0.5, 0.6) is 0 Å². The Hall–Kier alpha value is -1.84. The average molecular weight is 282 g/mol. The Kier molecular flexibility index (Phi) is 6.09. The number of urea groups is 1. The summed E-state index contributed by atoms with van der Waals surface area (Å²) in [5.41, 5.74) is 0. The van der Waals surface area contributed by atoms with Crippen molar-refractivity contribution in [2.24, 2.45) is 0 Å². The molecule has 0 fully saturated rings. The van der Waals surface area contributed by atoms with Crippen LogP contribution in [-0.2, 0) is 19.4 Å². The van der Waals surface area contributed by atoms with Gasteiger partial charge in [0.05, 0.1) is 12.2 Å². The van der Waals surface area contributed by atoms with Crippen molar-refractivity contribution >= 4 is 27.8 Å². The van der Waals surface area contributed by atoms with Crippen molar-refractivity contribution in [3.8, 4) is 0 Å². The molecule has 2 amide bonds. The number of hydrogen-bond donors (Lipinski definition) is 4. The molecular weight excluding hydrogens is 268 g/mol. The van der Waals surface area contributed by atoms with Crippen LogP contribution in [0.15, 0.2) is 0 Å². The molecule has 0 rings (SSSR count). The number of amides is 2. The highest BCUT2D eigenvalue weighted by Gasteiger charge is 2.22. The van der Waals surface area contributed by atoms with E-state index in [1.54, 1.807) is 0 Å². The highest BCUT2D eigenvalue weighted by molar-refractivity contribution is 7.90. The molecule has 0 bridgehead atoms. The van der Waals surface area contributed by atoms with E-state index in [2.05, 4.69) is 5.32 Å². The fourth-order valence-corrected chi connectivity index (χ4v) is 1.41. The van der Waals surface area contributed by atoms with Gasteiger partial charge in [0.1, 0.15) is 15.9 Å². The first-order valence-electron chi connectivity index (χ1n) is 4.78. The minimum absolute atomic E-state index is 0.190. The Morgan fingerprint density at radius 1 is 1.22 bits per heavy atom. The van der Waals surface area contributed by atoms with Crippen molar-refractivity contribution < 1.29 is 33.0 Å². The van der Waals surface area contributed by atoms with E-state index in [1.807, 2.05) is 5.32 Å². The first-order chi connectivity index (χ1) is 8.11. The lowest BCUT2D eigenvalue weighted by Crippen LogP contribution is -2.47. The zero-order chi connectivity index (χ0) is 14.3. The van der Waals surface area contributed by atoms with Crippen LogP contribution in [-0.4, -0.2) is 61.2 Å². The van der Waals surface area contributed by atoms with Crippen molar-refractivity contribution in [3.05, 3.63) is 0 Å². The highest BCUT2D eigenvalue weighted by Crippen LogP contribution is 1.92. The summed E-state index contributed by atoms with van der Waals surface area (Å²) in [6, 6.07) is -2.51. The summed E-state index contributed by atoms with van der Waals surface area (Å²) in [4.78, 5) is 32.1. The molecule has 1 atom stereocenters. The van der Waals surface area contributed by atoms with Crippen LogP contribution in [0.1, 0.15) is 6.42 Å². The molecule has 0 radical (unpaired) electrons. The summed E-state index contributed by atoms with van der Waals surface area (Å²) in [7, 11) is -3.24. The lowest BCUT2D eigenvalue weighted by molar-refractivity contribution is -0.145. The molecule has 0 spiro atoms. The van der Waals surface area contributed by atoms with Gasteiger partial charge >= 0.3 is 18.0 Å². The van der Waals surface area contributed by atoms with Gasteiger partial charge < -0.3 is 20.8 Å². The number of carboxylic acid groups (broad SMARTS) is 2. The third kappa shape index (κ3) is 8.33. The number of nitrogens with one attached hydrogen (secondary N) is 2. The second-order valence-electron chi connectivity index (χ2n) is 3.52. The Labute approximate surface area is 103 Å². The molecule has 1 unspecified atom stereocenters. The molecule has 0 aromatic heterocycles. The van der Waals surface area contributed by atoms with Crippen LogP contribution in [0, 0.1) is 0 Å². The van der Waals surface area contributed by atoms with E-state index < -0.39 is 40.3 Å². The first-order valence-corrected chi connectivity index (χ1v) is 6.84. The molecule has 0 aromatic carbocycles. The van der Waals surface area contributed by atoms with E-state index >= 15 is 0 Å². The van der Waals surface area contributed by atoms with E-state index in [0.29, 0.717) is 0 Å². The molecule has 4 N–H and O–H groups in total. The SMILES string of the molecule is CS(=O)(=O)CCNC(=O)NC(CC(=O)O)C(=O)O. The number of sulfone groups is 1. The van der Waals surface area contributed by atoms with Crippen LogP contribution in [0.2, 0.25) is 0 Å². The standard InChI is InChI=1S/C8H14N2O7S/c1-18(16,17)3-2-9-8(15)10-5(7(13)14)4-6(11)12/h5H,2-4H2,1H3,(H,11,12)(H,13,14)(H2,9,10,15). The topological polar surface area (TPSA) is 150 Å². The van der Waals surface area contributed by atoms with Gasteiger partial charge in [-0.1, -0.05) is 0 Å². The highest BCUT2D eigenvalue weighted by atomic mass is 32.2. The van der Waals surface area contributed by atoms with E-state index in [1.165, 1.54) is 0 Å². The number of hydrogen-bond acceptors (Lipinski definition) is 5. The predicted octanol–water partition coefficient (Wildman–Crippen LogP) is -1.74. The van der Waals surface area contributed by atoms with Gasteiger partial charge in [0.25, 0.3) is 0 Å². The zero-order valence-corrected chi connectivity index (χ0v) is 10.4. The van der Waals surface area contributed by atoms with Gasteiger partial charge in [-0.3, -0.25) is 4.79 Å². The van der Waals surface area contributed by atoms with Gasteiger partial charge in [-0.25, -0.2) is 18.0 Å². The summed E-state index contributed by atoms with van der Waals surface area (Å²) in [6.45, 7) is -0.190. The number of aliphatic carboxylic acids is 2. The van der Waals surface area contributed by atoms with Gasteiger partial charge in [-0.05, 0) is 0 Å². The predicted molar refractivity (Wildman–Crippen MR) is 59.9 cm³/mol. The summed E-state index contributed by atoms with van der Waals surface area (Å²) in [5.74, 6) is -3.16. The molecule has 104 valence electrons. The third-order valence-electron chi connectivity index (χ3n) is 1.74. The van der Waals surface area contributed by atoms with Crippen LogP contribution >= 0.6 is 0 Å². The molecule has 0 aliphatic carbocycles. The molecule has 10 heteroatoms. The Bertz CT molecular complexity index is 431. The minimum Gasteiger partial charge on any atom is -0.481 e. The van der Waals surface area contributed by atoms with E-state index in [4.69, 9.17) is 10.2 Å². The number of carbonyl (C=O) groups is 3. The smallest absolute Gasteiger partial charge is 0.326 e. The Morgan fingerprint density at radius 2 is 1.78 bits per heavy atom. The normalized spacial score (nSPS) is 12.5. The Balaban J connectivity index is 4.19. The number of carbonyl (C=O) groups excluding carboxylic acids is 1. The van der Waals surface area contributed by atoms with Crippen LogP contribution in [0.25, 0.3) is 0 Å². The first kappa shape index (κ1) is 16.2. The molecule has 0 saturated heterocycles. The molecule has 9 nitrogen and oxygen atoms in total. The van der Waals surface area contributed by atoms with E-state index in [9.17, 15) is 22.8 Å². The molecule has 0 aliphatic heterocycles. The van der Waals surface area contributed by atoms with E-state index in [0.717, 1.165) is 6.26 Å². The summed E-state index contributed by atoms with van der Waals surface area (Å²) in [6.07, 6.45) is 0.214. The van der Waals surface area contributed by atoms with Crippen molar-refractivity contribution in [1.29, 1.82) is 0 Å². The number of rotatable bonds is 7. The van der Waals surface area contributed by atoms with Crippen molar-refractivity contribution in [1.82, 2.24) is 10.6 Å². The largest absolute Gasteiger partial charge is 0.481 e. The van der Waals surface area contributed by atoms with Gasteiger partial charge in [-0.15, -0.1) is 0 Å². The van der Waals surface area contributed by atoms with E-state index in [-0.39, 0.29) is 12.3 Å². The quantitative estimate of drug-likeness (QED) is 0.432. The average Bonchev–Trinajstić information content (AvgIpc) is 2.13. The monoisotopic (exact) mass is 282 g/mol. The van der Waals surface area contributed by atoms with Crippen molar-refractivity contribution in [2.75, 3.05) is 18.6 Å². The molecule has 18 heavy (non-hydrogen) atoms. The summed E-state index contributed by atoms with van der Waals surface area (Å²) in [5, 5.41) is 21.1. The maximum atomic E-state index is 11.2. The maximum Gasteiger partial charge on any atom is 0.326 e. The van der Waals surface area contributed by atoms with Crippen LogP contribution in [0.4, 0.5) is 4.79 Å². The van der Waals surface area contributed by atoms with Crippen LogP contribution in [0.3, 0.4) is 0 Å². The lowest BCUT2D eigenvalue weighted by atomic mass is 10.2. The van der Waals surface area contributed by atoms with Gasteiger partial charge in [0, 0.05) is 12.8 Å². The zero-order valence-electron chi connectivity index (χ0n) is 9.54.